The van der Waals surface area contributed by atoms with E-state index in [0.717, 1.165) is 15.6 Å². The van der Waals surface area contributed by atoms with Gasteiger partial charge >= 0.3 is 0 Å². The zero-order valence-corrected chi connectivity index (χ0v) is 12.8. The van der Waals surface area contributed by atoms with Gasteiger partial charge in [-0.25, -0.2) is 0 Å². The van der Waals surface area contributed by atoms with Crippen molar-refractivity contribution in [2.24, 2.45) is 11.5 Å². The minimum absolute atomic E-state index is 0.201. The maximum atomic E-state index is 10.1. The Labute approximate surface area is 118 Å². The van der Waals surface area contributed by atoms with Crippen LogP contribution in [0.25, 0.3) is 0 Å². The highest BCUT2D eigenvalue weighted by molar-refractivity contribution is 9.11. The zero-order valence-electron chi connectivity index (χ0n) is 9.59. The Hall–Kier alpha value is -0.300. The van der Waals surface area contributed by atoms with Gasteiger partial charge in [-0.05, 0) is 57.8 Å². The topological polar surface area (TPSA) is 81.5 Å². The third-order valence-corrected chi connectivity index (χ3v) is 4.18. The van der Waals surface area contributed by atoms with E-state index in [-0.39, 0.29) is 5.75 Å². The molecule has 1 aromatic rings. The highest BCUT2D eigenvalue weighted by atomic mass is 79.9. The summed E-state index contributed by atoms with van der Waals surface area (Å²) in [6, 6.07) is 0. The molecule has 0 spiro atoms. The Kier molecular flexibility index (Phi) is 5.72. The first kappa shape index (κ1) is 14.8. The molecule has 0 aliphatic rings. The fourth-order valence-corrected chi connectivity index (χ4v) is 3.11. The lowest BCUT2D eigenvalue weighted by molar-refractivity contribution is 0.401. The van der Waals surface area contributed by atoms with Crippen LogP contribution in [-0.2, 0) is 12.8 Å². The van der Waals surface area contributed by atoms with Crippen molar-refractivity contribution >= 4 is 31.9 Å². The van der Waals surface area contributed by atoms with E-state index >= 15 is 0 Å². The molecule has 96 valence electrons. The Morgan fingerprint density at radius 3 is 2.06 bits per heavy atom. The first-order chi connectivity index (χ1) is 8.08. The number of phenols is 1. The summed E-state index contributed by atoms with van der Waals surface area (Å²) < 4.78 is 6.74. The molecule has 6 heteroatoms. The van der Waals surface area contributed by atoms with Crippen LogP contribution in [0.1, 0.15) is 11.1 Å². The molecule has 0 fully saturated rings. The second-order valence-electron chi connectivity index (χ2n) is 3.54. The number of aromatic hydroxyl groups is 1. The van der Waals surface area contributed by atoms with E-state index < -0.39 is 0 Å². The maximum Gasteiger partial charge on any atom is 0.137 e. The number of methoxy groups -OCH3 is 1. The second kappa shape index (κ2) is 6.58. The van der Waals surface area contributed by atoms with Crippen molar-refractivity contribution in [1.29, 1.82) is 0 Å². The molecule has 0 aliphatic heterocycles. The number of phenolic OH excluding ortho intramolecular Hbond substituents is 1. The fraction of sp³-hybridized carbons (Fsp3) is 0.455. The Bertz CT molecular complexity index is 411. The first-order valence-corrected chi connectivity index (χ1v) is 6.82. The lowest BCUT2D eigenvalue weighted by atomic mass is 10.0. The number of benzene rings is 1. The smallest absolute Gasteiger partial charge is 0.137 e. The van der Waals surface area contributed by atoms with E-state index in [9.17, 15) is 5.11 Å². The van der Waals surface area contributed by atoms with Gasteiger partial charge in [0, 0.05) is 11.1 Å². The second-order valence-corrected chi connectivity index (χ2v) is 5.13. The van der Waals surface area contributed by atoms with E-state index in [1.54, 1.807) is 7.11 Å². The lowest BCUT2D eigenvalue weighted by Gasteiger charge is -2.17. The van der Waals surface area contributed by atoms with Crippen molar-refractivity contribution in [2.75, 3.05) is 20.2 Å². The summed E-state index contributed by atoms with van der Waals surface area (Å²) >= 11 is 6.83. The predicted molar refractivity (Wildman–Crippen MR) is 75.6 cm³/mol. The molecule has 17 heavy (non-hydrogen) atoms. The molecule has 4 nitrogen and oxygen atoms in total. The van der Waals surface area contributed by atoms with Crippen molar-refractivity contribution in [3.63, 3.8) is 0 Å². The lowest BCUT2D eigenvalue weighted by Crippen LogP contribution is -2.09. The number of nitrogens with two attached hydrogens (primary N) is 2. The molecule has 0 heterocycles. The van der Waals surface area contributed by atoms with Gasteiger partial charge in [-0.3, -0.25) is 0 Å². The molecular formula is C11H16Br2N2O2. The average molecular weight is 368 g/mol. The summed E-state index contributed by atoms with van der Waals surface area (Å²) in [6.07, 6.45) is 1.20. The molecular weight excluding hydrogens is 352 g/mol. The van der Waals surface area contributed by atoms with Gasteiger partial charge in [-0.15, -0.1) is 0 Å². The average Bonchev–Trinajstić information content (AvgIpc) is 2.32. The third-order valence-electron chi connectivity index (χ3n) is 2.49. The minimum Gasteiger partial charge on any atom is -0.506 e. The summed E-state index contributed by atoms with van der Waals surface area (Å²) in [7, 11) is 1.59. The highest BCUT2D eigenvalue weighted by Gasteiger charge is 2.20. The molecule has 0 radical (unpaired) electrons. The van der Waals surface area contributed by atoms with E-state index in [4.69, 9.17) is 16.2 Å². The SMILES string of the molecule is COc1c(Br)c(CCN)c(O)c(Br)c1CCN. The van der Waals surface area contributed by atoms with Gasteiger partial charge in [0.1, 0.15) is 11.5 Å². The largest absolute Gasteiger partial charge is 0.506 e. The number of halogens is 2. The monoisotopic (exact) mass is 366 g/mol. The van der Waals surface area contributed by atoms with Crippen LogP contribution in [0.4, 0.5) is 0 Å². The van der Waals surface area contributed by atoms with Crippen molar-refractivity contribution in [1.82, 2.24) is 0 Å². The maximum absolute atomic E-state index is 10.1. The summed E-state index contributed by atoms with van der Waals surface area (Å²) in [6.45, 7) is 0.940. The summed E-state index contributed by atoms with van der Waals surface area (Å²) in [5.74, 6) is 0.898. The van der Waals surface area contributed by atoms with E-state index in [0.29, 0.717) is 36.2 Å². The first-order valence-electron chi connectivity index (χ1n) is 5.24. The van der Waals surface area contributed by atoms with Crippen LogP contribution in [-0.4, -0.2) is 25.3 Å². The van der Waals surface area contributed by atoms with E-state index in [2.05, 4.69) is 31.9 Å². The van der Waals surface area contributed by atoms with Crippen LogP contribution < -0.4 is 16.2 Å². The van der Waals surface area contributed by atoms with Gasteiger partial charge in [0.25, 0.3) is 0 Å². The molecule has 0 aromatic heterocycles. The molecule has 0 saturated carbocycles. The van der Waals surface area contributed by atoms with Crippen molar-refractivity contribution in [3.05, 3.63) is 20.1 Å². The van der Waals surface area contributed by atoms with Gasteiger partial charge in [-0.1, -0.05) is 0 Å². The molecule has 1 rings (SSSR count). The van der Waals surface area contributed by atoms with Crippen molar-refractivity contribution in [3.8, 4) is 11.5 Å². The van der Waals surface area contributed by atoms with Gasteiger partial charge in [0.15, 0.2) is 0 Å². The van der Waals surface area contributed by atoms with Crippen LogP contribution in [0.5, 0.6) is 11.5 Å². The highest BCUT2D eigenvalue weighted by Crippen LogP contribution is 2.44. The Morgan fingerprint density at radius 1 is 1.06 bits per heavy atom. The number of rotatable bonds is 5. The van der Waals surface area contributed by atoms with Gasteiger partial charge < -0.3 is 21.3 Å². The predicted octanol–water partition coefficient (Wildman–Crippen LogP) is 1.93. The molecule has 0 atom stereocenters. The Balaban J connectivity index is 3.44. The molecule has 0 saturated heterocycles. The summed E-state index contributed by atoms with van der Waals surface area (Å²) in [4.78, 5) is 0. The van der Waals surface area contributed by atoms with Gasteiger partial charge in [-0.2, -0.15) is 0 Å². The number of ether oxygens (including phenoxy) is 1. The third kappa shape index (κ3) is 2.93. The van der Waals surface area contributed by atoms with E-state index in [1.165, 1.54) is 0 Å². The number of hydrogen-bond acceptors (Lipinski definition) is 4. The van der Waals surface area contributed by atoms with Crippen LogP contribution in [0.2, 0.25) is 0 Å². The van der Waals surface area contributed by atoms with Crippen molar-refractivity contribution in [2.45, 2.75) is 12.8 Å². The van der Waals surface area contributed by atoms with Crippen LogP contribution in [0.15, 0.2) is 8.95 Å². The molecule has 1 aromatic carbocycles. The van der Waals surface area contributed by atoms with Crippen LogP contribution >= 0.6 is 31.9 Å². The van der Waals surface area contributed by atoms with E-state index in [1.807, 2.05) is 0 Å². The summed E-state index contributed by atoms with van der Waals surface area (Å²) in [5, 5.41) is 10.1. The van der Waals surface area contributed by atoms with Gasteiger partial charge in [0.05, 0.1) is 16.1 Å². The summed E-state index contributed by atoms with van der Waals surface area (Å²) in [5.41, 5.74) is 12.7. The van der Waals surface area contributed by atoms with Crippen LogP contribution in [0.3, 0.4) is 0 Å². The molecule has 5 N–H and O–H groups in total. The number of hydrogen-bond donors (Lipinski definition) is 3. The molecule has 0 unspecified atom stereocenters. The molecule has 0 aliphatic carbocycles. The Morgan fingerprint density at radius 2 is 1.59 bits per heavy atom. The minimum atomic E-state index is 0.201. The quantitative estimate of drug-likeness (QED) is 0.742. The van der Waals surface area contributed by atoms with Gasteiger partial charge in [0.2, 0.25) is 0 Å². The fourth-order valence-electron chi connectivity index (χ4n) is 1.70. The standard InChI is InChI=1S/C11H16Br2N2O2/c1-17-11-7(3-5-15)8(12)10(16)6(2-4-14)9(11)13/h16H,2-5,14-15H2,1H3. The molecule has 0 amide bonds. The molecule has 0 bridgehead atoms. The van der Waals surface area contributed by atoms with Crippen LogP contribution in [0, 0.1) is 0 Å². The normalized spacial score (nSPS) is 10.6. The van der Waals surface area contributed by atoms with Crippen molar-refractivity contribution < 1.29 is 9.84 Å². The zero-order chi connectivity index (χ0) is 13.0.